The number of anilines is 1. The highest BCUT2D eigenvalue weighted by molar-refractivity contribution is 14.1. The summed E-state index contributed by atoms with van der Waals surface area (Å²) >= 11 is 2.21. The Labute approximate surface area is 228 Å². The molecule has 0 saturated carbocycles. The van der Waals surface area contributed by atoms with Crippen LogP contribution in [0.5, 0.6) is 0 Å². The van der Waals surface area contributed by atoms with Crippen LogP contribution >= 0.6 is 22.6 Å². The minimum Gasteiger partial charge on any atom is -0.361 e. The number of para-hydroxylation sites is 1. The summed E-state index contributed by atoms with van der Waals surface area (Å²) in [4.78, 5) is 42.9. The Kier molecular flexibility index (Phi) is 9.70. The van der Waals surface area contributed by atoms with Crippen LogP contribution in [0.3, 0.4) is 0 Å². The predicted molar refractivity (Wildman–Crippen MR) is 154 cm³/mol. The van der Waals surface area contributed by atoms with Crippen LogP contribution in [-0.2, 0) is 19.1 Å². The second kappa shape index (κ2) is 12.3. The van der Waals surface area contributed by atoms with Gasteiger partial charge in [-0.15, -0.1) is 0 Å². The van der Waals surface area contributed by atoms with E-state index in [9.17, 15) is 14.4 Å². The van der Waals surface area contributed by atoms with Gasteiger partial charge in [0.1, 0.15) is 18.5 Å². The first kappa shape index (κ1) is 28.3. The van der Waals surface area contributed by atoms with Crippen LogP contribution in [0.4, 0.5) is 5.69 Å². The number of amides is 3. The van der Waals surface area contributed by atoms with Gasteiger partial charge < -0.3 is 15.0 Å². The number of nitrogens with one attached hydrogen (secondary N) is 1. The van der Waals surface area contributed by atoms with Crippen molar-refractivity contribution in [2.24, 2.45) is 0 Å². The zero-order valence-corrected chi connectivity index (χ0v) is 24.9. The summed E-state index contributed by atoms with van der Waals surface area (Å²) in [5, 5.41) is 2.74. The zero-order valence-electron chi connectivity index (χ0n) is 21.8. The first-order valence-electron chi connectivity index (χ1n) is 12.3. The van der Waals surface area contributed by atoms with Gasteiger partial charge in [0.2, 0.25) is 5.91 Å². The first-order valence-corrected chi connectivity index (χ1v) is 17.1. The molecular weight excluding hydrogens is 585 g/mol. The minimum atomic E-state index is -1.29. The van der Waals surface area contributed by atoms with E-state index in [2.05, 4.69) is 47.5 Å². The van der Waals surface area contributed by atoms with E-state index in [0.29, 0.717) is 25.1 Å². The Morgan fingerprint density at radius 3 is 2.61 bits per heavy atom. The molecule has 1 aromatic rings. The van der Waals surface area contributed by atoms with E-state index >= 15 is 0 Å². The van der Waals surface area contributed by atoms with Gasteiger partial charge in [0.05, 0.1) is 5.69 Å². The molecule has 3 amide bonds. The average Bonchev–Trinajstić information content (AvgIpc) is 3.30. The molecule has 9 heteroatoms. The normalized spacial score (nSPS) is 19.3. The number of hydrogen-bond acceptors (Lipinski definition) is 4. The van der Waals surface area contributed by atoms with Crippen molar-refractivity contribution in [3.63, 3.8) is 0 Å². The van der Waals surface area contributed by atoms with Gasteiger partial charge in [0, 0.05) is 30.4 Å². The lowest BCUT2D eigenvalue weighted by Crippen LogP contribution is -2.54. The van der Waals surface area contributed by atoms with E-state index in [1.165, 1.54) is 6.08 Å². The number of halogens is 1. The van der Waals surface area contributed by atoms with Gasteiger partial charge in [-0.2, -0.15) is 0 Å². The molecule has 2 fully saturated rings. The summed E-state index contributed by atoms with van der Waals surface area (Å²) in [6, 6.07) is 8.20. The molecule has 0 spiro atoms. The Hall–Kier alpha value is -2.24. The molecule has 2 heterocycles. The van der Waals surface area contributed by atoms with Crippen molar-refractivity contribution < 1.29 is 19.1 Å². The van der Waals surface area contributed by atoms with Gasteiger partial charge in [0.25, 0.3) is 11.8 Å². The number of rotatable bonds is 9. The fourth-order valence-corrected chi connectivity index (χ4v) is 5.43. The van der Waals surface area contributed by atoms with Gasteiger partial charge in [0.15, 0.2) is 0 Å². The largest absolute Gasteiger partial charge is 0.361 e. The zero-order chi connectivity index (χ0) is 26.5. The van der Waals surface area contributed by atoms with Crippen molar-refractivity contribution in [2.75, 3.05) is 24.8 Å². The highest BCUT2D eigenvalue weighted by atomic mass is 127. The molecule has 0 aromatic heterocycles. The maximum absolute atomic E-state index is 14.0. The van der Waals surface area contributed by atoms with Crippen molar-refractivity contribution in [3.8, 4) is 0 Å². The lowest BCUT2D eigenvalue weighted by atomic mass is 10.1. The second-order valence-electron chi connectivity index (χ2n) is 10.6. The van der Waals surface area contributed by atoms with E-state index in [4.69, 9.17) is 4.74 Å². The Balaban J connectivity index is 1.95. The molecule has 3 rings (SSSR count). The molecule has 0 bridgehead atoms. The van der Waals surface area contributed by atoms with Crippen molar-refractivity contribution in [1.82, 2.24) is 10.2 Å². The summed E-state index contributed by atoms with van der Waals surface area (Å²) in [5.74, 6) is -0.751. The molecule has 194 valence electrons. The van der Waals surface area contributed by atoms with Gasteiger partial charge in [-0.05, 0) is 79.6 Å². The van der Waals surface area contributed by atoms with Crippen LogP contribution in [0.15, 0.2) is 59.3 Å². The number of carbonyl (C=O) groups is 3. The Morgan fingerprint density at radius 2 is 1.94 bits per heavy atom. The van der Waals surface area contributed by atoms with Gasteiger partial charge >= 0.3 is 0 Å². The molecular formula is C27H36IN3O4Si. The molecule has 1 aromatic carbocycles. The summed E-state index contributed by atoms with van der Waals surface area (Å²) in [5.41, 5.74) is 2.16. The summed E-state index contributed by atoms with van der Waals surface area (Å²) in [6.45, 7) is 11.9. The average molecular weight is 622 g/mol. The monoisotopic (exact) mass is 621 g/mol. The number of benzene rings is 1. The number of hydrogen-bond donors (Lipinski definition) is 1. The number of nitrogens with zero attached hydrogens (tertiary/aromatic N) is 2. The van der Waals surface area contributed by atoms with Crippen LogP contribution in [0.25, 0.3) is 0 Å². The molecule has 7 nitrogen and oxygen atoms in total. The Bertz CT molecular complexity index is 1100. The van der Waals surface area contributed by atoms with Crippen molar-refractivity contribution in [2.45, 2.75) is 58.4 Å². The van der Waals surface area contributed by atoms with E-state index in [1.54, 1.807) is 15.9 Å². The van der Waals surface area contributed by atoms with E-state index < -0.39 is 14.1 Å². The van der Waals surface area contributed by atoms with Crippen LogP contribution in [-0.4, -0.2) is 56.6 Å². The maximum Gasteiger partial charge on any atom is 0.271 e. The summed E-state index contributed by atoms with van der Waals surface area (Å²) in [7, 11) is -1.29. The third-order valence-electron chi connectivity index (χ3n) is 6.05. The first-order chi connectivity index (χ1) is 17.0. The minimum absolute atomic E-state index is 0.0904. The van der Waals surface area contributed by atoms with Crippen molar-refractivity contribution >= 4 is 54.1 Å². The fourth-order valence-electron chi connectivity index (χ4n) is 4.00. The van der Waals surface area contributed by atoms with Crippen LogP contribution in [0.2, 0.25) is 25.7 Å². The number of ether oxygens (including phenoxy) is 1. The lowest BCUT2D eigenvalue weighted by Gasteiger charge is -2.31. The molecule has 2 aliphatic heterocycles. The quantitative estimate of drug-likeness (QED) is 0.107. The third-order valence-corrected chi connectivity index (χ3v) is 8.67. The third kappa shape index (κ3) is 7.39. The lowest BCUT2D eigenvalue weighted by molar-refractivity contribution is -0.140. The molecule has 0 aliphatic carbocycles. The molecule has 1 N–H and O–H groups in total. The molecule has 36 heavy (non-hydrogen) atoms. The maximum atomic E-state index is 14.0. The van der Waals surface area contributed by atoms with Crippen molar-refractivity contribution in [3.05, 3.63) is 62.9 Å². The molecule has 0 radical (unpaired) electrons. The van der Waals surface area contributed by atoms with E-state index in [0.717, 1.165) is 27.3 Å². The number of piperazine rings is 1. The topological polar surface area (TPSA) is 79.0 Å². The predicted octanol–water partition coefficient (Wildman–Crippen LogP) is 4.83. The fraction of sp³-hybridized carbons (Fsp3) is 0.444. The number of carbonyl (C=O) groups excluding carboxylic acids is 3. The summed E-state index contributed by atoms with van der Waals surface area (Å²) in [6.07, 6.45) is 6.50. The Morgan fingerprint density at radius 1 is 1.22 bits per heavy atom. The van der Waals surface area contributed by atoms with Gasteiger partial charge in [-0.3, -0.25) is 19.3 Å². The van der Waals surface area contributed by atoms with Crippen molar-refractivity contribution in [1.29, 1.82) is 0 Å². The van der Waals surface area contributed by atoms with E-state index in [-0.39, 0.29) is 30.1 Å². The SMILES string of the molecule is CC(C)=C/C=C(/C=C1/NC(=O)[C@@H]2CCCN2C1=O)C(=O)N(COCC[Si](C)(C)C)c1ccccc1I. The number of fused-ring (bicyclic) bond motifs is 1. The molecule has 1 atom stereocenters. The summed E-state index contributed by atoms with van der Waals surface area (Å²) < 4.78 is 6.90. The van der Waals surface area contributed by atoms with Crippen LogP contribution in [0, 0.1) is 3.57 Å². The van der Waals surface area contributed by atoms with Crippen LogP contribution in [0.1, 0.15) is 26.7 Å². The molecule has 0 unspecified atom stereocenters. The second-order valence-corrected chi connectivity index (χ2v) is 17.4. The molecule has 2 saturated heterocycles. The van der Waals surface area contributed by atoms with Crippen LogP contribution < -0.4 is 10.2 Å². The highest BCUT2D eigenvalue weighted by Crippen LogP contribution is 2.27. The highest BCUT2D eigenvalue weighted by Gasteiger charge is 2.40. The standard InChI is InChI=1S/C27H36IN3O4Si/c1-19(2)12-13-20(17-22-27(34)30-14-8-11-24(30)25(32)29-22)26(33)31(18-35-15-16-36(3,4)5)23-10-7-6-9-21(23)28/h6-7,9-10,12-13,17,24H,8,11,14-16,18H2,1-5H3,(H,29,32)/b20-13-,22-17+/t24-/m0/s1. The molecule has 2 aliphatic rings. The van der Waals surface area contributed by atoms with E-state index in [1.807, 2.05) is 44.2 Å². The number of allylic oxidation sites excluding steroid dienone is 3. The van der Waals surface area contributed by atoms with Gasteiger partial charge in [-0.1, -0.05) is 43.4 Å². The smallest absolute Gasteiger partial charge is 0.271 e. The van der Waals surface area contributed by atoms with Gasteiger partial charge in [-0.25, -0.2) is 0 Å².